The largest absolute Gasteiger partial charge is 0.482 e. The van der Waals surface area contributed by atoms with Crippen LogP contribution in [-0.4, -0.2) is 53.0 Å². The van der Waals surface area contributed by atoms with Gasteiger partial charge in [0, 0.05) is 0 Å². The highest BCUT2D eigenvalue weighted by atomic mass is 32.2. The number of carbonyl (C=O) groups is 2. The Morgan fingerprint density at radius 1 is 1.13 bits per heavy atom. The van der Waals surface area contributed by atoms with Crippen LogP contribution in [0.1, 0.15) is 16.7 Å². The van der Waals surface area contributed by atoms with Crippen LogP contribution in [-0.2, 0) is 24.3 Å². The van der Waals surface area contributed by atoms with Crippen LogP contribution in [0.3, 0.4) is 0 Å². The van der Waals surface area contributed by atoms with Crippen molar-refractivity contribution in [1.29, 1.82) is 0 Å². The lowest BCUT2D eigenvalue weighted by Gasteiger charge is -2.23. The zero-order valence-corrected chi connectivity index (χ0v) is 18.6. The van der Waals surface area contributed by atoms with Crippen LogP contribution in [0.5, 0.6) is 5.75 Å². The summed E-state index contributed by atoms with van der Waals surface area (Å²) in [4.78, 5) is 23.3. The van der Waals surface area contributed by atoms with Crippen LogP contribution >= 0.6 is 0 Å². The smallest absolute Gasteiger partial charge is 0.343 e. The number of ether oxygens (including phenoxy) is 2. The van der Waals surface area contributed by atoms with E-state index in [1.54, 1.807) is 43.3 Å². The summed E-state index contributed by atoms with van der Waals surface area (Å²) in [6.07, 6.45) is 2.45. The number of aryl methyl sites for hydroxylation is 2. The molecule has 0 fully saturated rings. The quantitative estimate of drug-likeness (QED) is 0.356. The summed E-state index contributed by atoms with van der Waals surface area (Å²) in [5, 5.41) is 3.86. The second kappa shape index (κ2) is 10.6. The number of carbonyl (C=O) groups excluding carboxylic acids is 2. The maximum Gasteiger partial charge on any atom is 0.343 e. The summed E-state index contributed by atoms with van der Waals surface area (Å²) in [5.74, 6) is -0.596. The fourth-order valence-electron chi connectivity index (χ4n) is 2.66. The summed E-state index contributed by atoms with van der Waals surface area (Å²) in [6, 6.07) is 11.9. The molecule has 0 radical (unpaired) electrons. The molecule has 0 aliphatic carbocycles. The number of benzene rings is 2. The Morgan fingerprint density at radius 3 is 2.39 bits per heavy atom. The highest BCUT2D eigenvalue weighted by Gasteiger charge is 2.22. The Labute approximate surface area is 181 Å². The van der Waals surface area contributed by atoms with Gasteiger partial charge in [0.05, 0.1) is 25.3 Å². The molecule has 1 amide bonds. The molecule has 0 unspecified atom stereocenters. The molecular weight excluding hydrogens is 422 g/mol. The van der Waals surface area contributed by atoms with E-state index in [4.69, 9.17) is 4.74 Å². The first-order valence-corrected chi connectivity index (χ1v) is 11.1. The fourth-order valence-corrected chi connectivity index (χ4v) is 3.58. The van der Waals surface area contributed by atoms with Crippen LogP contribution in [0.4, 0.5) is 5.69 Å². The maximum absolute atomic E-state index is 12.3. The molecule has 2 aromatic rings. The molecule has 1 N–H and O–H groups in total. The number of anilines is 1. The molecule has 31 heavy (non-hydrogen) atoms. The predicted octanol–water partition coefficient (Wildman–Crippen LogP) is 1.77. The summed E-state index contributed by atoms with van der Waals surface area (Å²) in [5.41, 5.74) is 5.17. The van der Waals surface area contributed by atoms with E-state index >= 15 is 0 Å². The van der Waals surface area contributed by atoms with Gasteiger partial charge in [-0.1, -0.05) is 17.7 Å². The molecule has 10 heteroatoms. The minimum atomic E-state index is -3.67. The molecule has 0 bridgehead atoms. The van der Waals surface area contributed by atoms with E-state index in [9.17, 15) is 18.0 Å². The molecule has 0 saturated carbocycles. The van der Waals surface area contributed by atoms with Gasteiger partial charge in [-0.25, -0.2) is 18.6 Å². The number of hydrazone groups is 1. The molecular formula is C21H25N3O6S. The Bertz CT molecular complexity index is 1070. The lowest BCUT2D eigenvalue weighted by Crippen LogP contribution is -2.39. The van der Waals surface area contributed by atoms with Gasteiger partial charge in [0.15, 0.2) is 6.61 Å². The van der Waals surface area contributed by atoms with Gasteiger partial charge in [0.1, 0.15) is 12.3 Å². The average molecular weight is 448 g/mol. The number of sulfonamides is 1. The van der Waals surface area contributed by atoms with E-state index in [1.807, 2.05) is 13.0 Å². The Balaban J connectivity index is 1.99. The Kier molecular flexibility index (Phi) is 8.14. The number of nitrogens with zero attached hydrogens (tertiary/aromatic N) is 2. The van der Waals surface area contributed by atoms with Crippen molar-refractivity contribution in [1.82, 2.24) is 5.43 Å². The Hall–Kier alpha value is -3.40. The third-order valence-electron chi connectivity index (χ3n) is 4.18. The molecule has 0 spiro atoms. The predicted molar refractivity (Wildman–Crippen MR) is 118 cm³/mol. The van der Waals surface area contributed by atoms with E-state index in [2.05, 4.69) is 15.3 Å². The van der Waals surface area contributed by atoms with E-state index in [0.717, 1.165) is 21.7 Å². The minimum absolute atomic E-state index is 0.197. The zero-order valence-electron chi connectivity index (χ0n) is 17.8. The third kappa shape index (κ3) is 7.41. The first kappa shape index (κ1) is 23.9. The number of hydrogen-bond acceptors (Lipinski definition) is 7. The number of hydrogen-bond donors (Lipinski definition) is 1. The van der Waals surface area contributed by atoms with Crippen LogP contribution in [0, 0.1) is 13.8 Å². The number of rotatable bonds is 9. The van der Waals surface area contributed by atoms with Gasteiger partial charge in [0.2, 0.25) is 10.0 Å². The van der Waals surface area contributed by atoms with Crippen molar-refractivity contribution in [2.24, 2.45) is 5.10 Å². The number of amides is 1. The average Bonchev–Trinajstić information content (AvgIpc) is 2.71. The molecule has 2 rings (SSSR count). The van der Waals surface area contributed by atoms with Crippen LogP contribution in [0.25, 0.3) is 0 Å². The van der Waals surface area contributed by atoms with Crippen molar-refractivity contribution < 1.29 is 27.5 Å². The van der Waals surface area contributed by atoms with Crippen LogP contribution in [0.15, 0.2) is 47.6 Å². The SMILES string of the molecule is COC(=O)COc1ccc(/C=N\NC(=O)CN(c2ccc(C)cc2C)S(C)(=O)=O)cc1. The van der Waals surface area contributed by atoms with Gasteiger partial charge >= 0.3 is 5.97 Å². The first-order valence-electron chi connectivity index (χ1n) is 9.26. The molecule has 0 atom stereocenters. The highest BCUT2D eigenvalue weighted by Crippen LogP contribution is 2.23. The molecule has 0 aromatic heterocycles. The number of methoxy groups -OCH3 is 1. The maximum atomic E-state index is 12.3. The first-order chi connectivity index (χ1) is 14.6. The third-order valence-corrected chi connectivity index (χ3v) is 5.30. The summed E-state index contributed by atoms with van der Waals surface area (Å²) in [6.45, 7) is 3.09. The van der Waals surface area contributed by atoms with Crippen molar-refractivity contribution in [2.75, 3.05) is 30.8 Å². The van der Waals surface area contributed by atoms with Crippen LogP contribution < -0.4 is 14.5 Å². The van der Waals surface area contributed by atoms with Crippen molar-refractivity contribution in [3.05, 3.63) is 59.2 Å². The minimum Gasteiger partial charge on any atom is -0.482 e. The molecule has 9 nitrogen and oxygen atoms in total. The van der Waals surface area contributed by atoms with Crippen molar-refractivity contribution in [3.63, 3.8) is 0 Å². The van der Waals surface area contributed by atoms with Gasteiger partial charge in [-0.3, -0.25) is 9.10 Å². The fraction of sp³-hybridized carbons (Fsp3) is 0.286. The standard InChI is InChI=1S/C21H25N3O6S/c1-15-5-10-19(16(2)11-15)24(31(4,27)28)13-20(25)23-22-12-17-6-8-18(9-7-17)30-14-21(26)29-3/h5-12H,13-14H2,1-4H3,(H,23,25)/b22-12-. The van der Waals surface area contributed by atoms with E-state index in [-0.39, 0.29) is 6.61 Å². The van der Waals surface area contributed by atoms with Gasteiger partial charge < -0.3 is 9.47 Å². The van der Waals surface area contributed by atoms with E-state index < -0.39 is 28.4 Å². The topological polar surface area (TPSA) is 114 Å². The highest BCUT2D eigenvalue weighted by molar-refractivity contribution is 7.92. The normalized spacial score (nSPS) is 11.2. The van der Waals surface area contributed by atoms with Crippen molar-refractivity contribution in [2.45, 2.75) is 13.8 Å². The molecule has 2 aromatic carbocycles. The van der Waals surface area contributed by atoms with Gasteiger partial charge in [-0.05, 0) is 55.3 Å². The van der Waals surface area contributed by atoms with E-state index in [0.29, 0.717) is 17.0 Å². The van der Waals surface area contributed by atoms with Crippen molar-refractivity contribution >= 4 is 33.8 Å². The van der Waals surface area contributed by atoms with Gasteiger partial charge in [-0.15, -0.1) is 0 Å². The molecule has 0 saturated heterocycles. The number of nitrogens with one attached hydrogen (secondary N) is 1. The summed E-state index contributed by atoms with van der Waals surface area (Å²) < 4.78 is 35.2. The lowest BCUT2D eigenvalue weighted by atomic mass is 10.1. The Morgan fingerprint density at radius 2 is 1.81 bits per heavy atom. The lowest BCUT2D eigenvalue weighted by molar-refractivity contribution is -0.142. The molecule has 0 aliphatic heterocycles. The molecule has 0 heterocycles. The second-order valence-electron chi connectivity index (χ2n) is 6.79. The summed E-state index contributed by atoms with van der Waals surface area (Å²) in [7, 11) is -2.40. The van der Waals surface area contributed by atoms with Gasteiger partial charge in [0.25, 0.3) is 5.91 Å². The molecule has 166 valence electrons. The summed E-state index contributed by atoms with van der Waals surface area (Å²) >= 11 is 0. The molecule has 0 aliphatic rings. The number of esters is 1. The van der Waals surface area contributed by atoms with Crippen molar-refractivity contribution in [3.8, 4) is 5.75 Å². The zero-order chi connectivity index (χ0) is 23.0. The van der Waals surface area contributed by atoms with E-state index in [1.165, 1.54) is 13.3 Å². The van der Waals surface area contributed by atoms with Crippen LogP contribution in [0.2, 0.25) is 0 Å². The monoisotopic (exact) mass is 447 g/mol. The van der Waals surface area contributed by atoms with Gasteiger partial charge in [-0.2, -0.15) is 5.10 Å². The second-order valence-corrected chi connectivity index (χ2v) is 8.69.